The Kier molecular flexibility index (Phi) is 4.56. The topological polar surface area (TPSA) is 28.2 Å². The van der Waals surface area contributed by atoms with Gasteiger partial charge in [0.25, 0.3) is 0 Å². The Balaban J connectivity index is 1.94. The van der Waals surface area contributed by atoms with Gasteiger partial charge in [0.1, 0.15) is 0 Å². The number of anilines is 1. The highest BCUT2D eigenvalue weighted by molar-refractivity contribution is 7.11. The van der Waals surface area contributed by atoms with Crippen molar-refractivity contribution in [1.29, 1.82) is 0 Å². The molecule has 0 aliphatic rings. The van der Waals surface area contributed by atoms with Crippen LogP contribution in [0.2, 0.25) is 0 Å². The highest BCUT2D eigenvalue weighted by Gasteiger charge is 2.06. The second-order valence-electron chi connectivity index (χ2n) is 4.93. The van der Waals surface area contributed by atoms with Crippen LogP contribution in [0.5, 0.6) is 0 Å². The van der Waals surface area contributed by atoms with Gasteiger partial charge in [-0.15, -0.1) is 11.3 Å². The molecule has 0 amide bonds. The molecule has 0 radical (unpaired) electrons. The number of nitrogens with one attached hydrogen (secondary N) is 1. The maximum Gasteiger partial charge on any atom is 0.0897 e. The van der Waals surface area contributed by atoms with Crippen LogP contribution in [0.15, 0.2) is 30.5 Å². The molecular formula is C15H21N3S. The van der Waals surface area contributed by atoms with Gasteiger partial charge in [0, 0.05) is 43.4 Å². The van der Waals surface area contributed by atoms with Gasteiger partial charge < -0.3 is 10.2 Å². The van der Waals surface area contributed by atoms with Crippen LogP contribution in [0.25, 0.3) is 0 Å². The van der Waals surface area contributed by atoms with Crippen molar-refractivity contribution in [2.45, 2.75) is 26.4 Å². The normalized spacial score (nSPS) is 12.4. The Morgan fingerprint density at radius 1 is 1.26 bits per heavy atom. The largest absolute Gasteiger partial charge is 0.378 e. The lowest BCUT2D eigenvalue weighted by Gasteiger charge is -2.16. The summed E-state index contributed by atoms with van der Waals surface area (Å²) in [6, 6.07) is 9.03. The van der Waals surface area contributed by atoms with Crippen LogP contribution in [-0.2, 0) is 6.54 Å². The molecule has 0 bridgehead atoms. The summed E-state index contributed by atoms with van der Waals surface area (Å²) in [7, 11) is 4.12. The van der Waals surface area contributed by atoms with Crippen LogP contribution in [0.3, 0.4) is 0 Å². The van der Waals surface area contributed by atoms with E-state index in [1.807, 2.05) is 13.1 Å². The first-order chi connectivity index (χ1) is 9.06. The highest BCUT2D eigenvalue weighted by Crippen LogP contribution is 2.19. The van der Waals surface area contributed by atoms with Crippen LogP contribution in [0, 0.1) is 6.92 Å². The summed E-state index contributed by atoms with van der Waals surface area (Å²) in [4.78, 5) is 7.67. The fraction of sp³-hybridized carbons (Fsp3) is 0.400. The predicted molar refractivity (Wildman–Crippen MR) is 82.9 cm³/mol. The first kappa shape index (κ1) is 14.0. The minimum Gasteiger partial charge on any atom is -0.378 e. The molecule has 1 aromatic heterocycles. The van der Waals surface area contributed by atoms with Crippen molar-refractivity contribution in [3.63, 3.8) is 0 Å². The van der Waals surface area contributed by atoms with E-state index in [2.05, 4.69) is 60.5 Å². The fourth-order valence-electron chi connectivity index (χ4n) is 1.92. The summed E-state index contributed by atoms with van der Waals surface area (Å²) >= 11 is 1.75. The predicted octanol–water partition coefficient (Wildman–Crippen LogP) is 3.37. The minimum atomic E-state index is 0.346. The zero-order chi connectivity index (χ0) is 13.8. The number of thiazole rings is 1. The SMILES string of the molecule is Cc1ncc(CNC(C)c2ccc(N(C)C)cc2)s1. The molecule has 0 spiro atoms. The molecule has 0 fully saturated rings. The Labute approximate surface area is 119 Å². The molecule has 2 rings (SSSR count). The molecule has 1 aromatic carbocycles. The van der Waals surface area contributed by atoms with Crippen molar-refractivity contribution >= 4 is 17.0 Å². The van der Waals surface area contributed by atoms with Crippen LogP contribution in [0.1, 0.15) is 28.4 Å². The van der Waals surface area contributed by atoms with Gasteiger partial charge in [0.05, 0.1) is 5.01 Å². The van der Waals surface area contributed by atoms with E-state index in [0.717, 1.165) is 11.6 Å². The van der Waals surface area contributed by atoms with Crippen LogP contribution in [0.4, 0.5) is 5.69 Å². The van der Waals surface area contributed by atoms with E-state index in [9.17, 15) is 0 Å². The summed E-state index contributed by atoms with van der Waals surface area (Å²) in [5, 5.41) is 4.66. The molecule has 0 saturated heterocycles. The number of hydrogen-bond donors (Lipinski definition) is 1. The molecule has 0 aliphatic heterocycles. The fourth-order valence-corrected chi connectivity index (χ4v) is 2.67. The quantitative estimate of drug-likeness (QED) is 0.907. The van der Waals surface area contributed by atoms with Crippen LogP contribution < -0.4 is 10.2 Å². The Hall–Kier alpha value is -1.39. The molecule has 1 atom stereocenters. The number of nitrogens with zero attached hydrogens (tertiary/aromatic N) is 2. The lowest BCUT2D eigenvalue weighted by molar-refractivity contribution is 0.578. The number of rotatable bonds is 5. The summed E-state index contributed by atoms with van der Waals surface area (Å²) in [5.41, 5.74) is 2.54. The molecule has 0 saturated carbocycles. The van der Waals surface area contributed by atoms with Gasteiger partial charge in [-0.25, -0.2) is 4.98 Å². The van der Waals surface area contributed by atoms with Crippen molar-refractivity contribution in [1.82, 2.24) is 10.3 Å². The molecular weight excluding hydrogens is 254 g/mol. The minimum absolute atomic E-state index is 0.346. The molecule has 1 heterocycles. The smallest absolute Gasteiger partial charge is 0.0897 e. The van der Waals surface area contributed by atoms with Gasteiger partial charge >= 0.3 is 0 Å². The van der Waals surface area contributed by atoms with Crippen LogP contribution in [-0.4, -0.2) is 19.1 Å². The van der Waals surface area contributed by atoms with Gasteiger partial charge in [-0.1, -0.05) is 12.1 Å². The average Bonchev–Trinajstić information content (AvgIpc) is 2.82. The monoisotopic (exact) mass is 275 g/mol. The van der Waals surface area contributed by atoms with Gasteiger partial charge in [-0.2, -0.15) is 0 Å². The second kappa shape index (κ2) is 6.17. The number of benzene rings is 1. The Bertz CT molecular complexity index is 516. The van der Waals surface area contributed by atoms with Gasteiger partial charge in [-0.05, 0) is 31.5 Å². The lowest BCUT2D eigenvalue weighted by atomic mass is 10.1. The first-order valence-corrected chi connectivity index (χ1v) is 7.30. The maximum atomic E-state index is 4.27. The molecule has 1 unspecified atom stereocenters. The first-order valence-electron chi connectivity index (χ1n) is 6.48. The van der Waals surface area contributed by atoms with E-state index in [-0.39, 0.29) is 0 Å². The second-order valence-corrected chi connectivity index (χ2v) is 6.25. The standard InChI is InChI=1S/C15H21N3S/c1-11(16-9-15-10-17-12(2)19-15)13-5-7-14(8-6-13)18(3)4/h5-8,10-11,16H,9H2,1-4H3. The maximum absolute atomic E-state index is 4.27. The third kappa shape index (κ3) is 3.78. The van der Waals surface area contributed by atoms with Crippen molar-refractivity contribution in [3.05, 3.63) is 45.9 Å². The third-order valence-corrected chi connectivity index (χ3v) is 4.07. The van der Waals surface area contributed by atoms with E-state index in [1.54, 1.807) is 11.3 Å². The summed E-state index contributed by atoms with van der Waals surface area (Å²) in [6.07, 6.45) is 1.95. The number of hydrogen-bond acceptors (Lipinski definition) is 4. The van der Waals surface area contributed by atoms with Gasteiger partial charge in [-0.3, -0.25) is 0 Å². The zero-order valence-electron chi connectivity index (χ0n) is 12.0. The molecule has 102 valence electrons. The number of aryl methyl sites for hydroxylation is 1. The van der Waals surface area contributed by atoms with E-state index < -0.39 is 0 Å². The van der Waals surface area contributed by atoms with Crippen molar-refractivity contribution in [2.24, 2.45) is 0 Å². The van der Waals surface area contributed by atoms with E-state index in [1.165, 1.54) is 16.1 Å². The molecule has 3 nitrogen and oxygen atoms in total. The van der Waals surface area contributed by atoms with Gasteiger partial charge in [0.2, 0.25) is 0 Å². The highest BCUT2D eigenvalue weighted by atomic mass is 32.1. The molecule has 0 aliphatic carbocycles. The average molecular weight is 275 g/mol. The molecule has 1 N–H and O–H groups in total. The van der Waals surface area contributed by atoms with Crippen LogP contribution >= 0.6 is 11.3 Å². The summed E-state index contributed by atoms with van der Waals surface area (Å²) < 4.78 is 0. The molecule has 2 aromatic rings. The molecule has 4 heteroatoms. The van der Waals surface area contributed by atoms with Crippen molar-refractivity contribution in [3.8, 4) is 0 Å². The van der Waals surface area contributed by atoms with E-state index >= 15 is 0 Å². The lowest BCUT2D eigenvalue weighted by Crippen LogP contribution is -2.17. The van der Waals surface area contributed by atoms with Crippen molar-refractivity contribution < 1.29 is 0 Å². The molecule has 19 heavy (non-hydrogen) atoms. The number of aromatic nitrogens is 1. The Morgan fingerprint density at radius 3 is 2.47 bits per heavy atom. The third-order valence-electron chi connectivity index (χ3n) is 3.16. The zero-order valence-corrected chi connectivity index (χ0v) is 12.8. The van der Waals surface area contributed by atoms with Crippen molar-refractivity contribution in [2.75, 3.05) is 19.0 Å². The summed E-state index contributed by atoms with van der Waals surface area (Å²) in [6.45, 7) is 5.11. The summed E-state index contributed by atoms with van der Waals surface area (Å²) in [5.74, 6) is 0. The van der Waals surface area contributed by atoms with Gasteiger partial charge in [0.15, 0.2) is 0 Å². The Morgan fingerprint density at radius 2 is 1.95 bits per heavy atom. The van der Waals surface area contributed by atoms with E-state index in [4.69, 9.17) is 0 Å². The van der Waals surface area contributed by atoms with E-state index in [0.29, 0.717) is 6.04 Å².